The fourth-order valence-electron chi connectivity index (χ4n) is 5.41. The molecule has 1 saturated carbocycles. The lowest BCUT2D eigenvalue weighted by molar-refractivity contribution is -0.119. The molecule has 2 N–H and O–H groups in total. The largest absolute Gasteiger partial charge is 0.379 e. The van der Waals surface area contributed by atoms with Crippen molar-refractivity contribution in [3.63, 3.8) is 0 Å². The van der Waals surface area contributed by atoms with Gasteiger partial charge in [0, 0.05) is 43.9 Å². The highest BCUT2D eigenvalue weighted by molar-refractivity contribution is 6.14. The van der Waals surface area contributed by atoms with E-state index in [4.69, 9.17) is 9.73 Å². The molecule has 190 valence electrons. The van der Waals surface area contributed by atoms with Gasteiger partial charge < -0.3 is 20.3 Å². The summed E-state index contributed by atoms with van der Waals surface area (Å²) in [6, 6.07) is 15.3. The van der Waals surface area contributed by atoms with Gasteiger partial charge in [-0.05, 0) is 30.5 Å². The Morgan fingerprint density at radius 1 is 1.03 bits per heavy atom. The van der Waals surface area contributed by atoms with Crippen LogP contribution < -0.4 is 15.5 Å². The van der Waals surface area contributed by atoms with Crippen LogP contribution in [0.15, 0.2) is 53.5 Å². The van der Waals surface area contributed by atoms with Crippen LogP contribution in [0.5, 0.6) is 0 Å². The number of amides is 3. The second-order valence-electron chi connectivity index (χ2n) is 9.81. The summed E-state index contributed by atoms with van der Waals surface area (Å²) in [5, 5.41) is 5.83. The number of hydrogen-bond donors (Lipinski definition) is 2. The SMILES string of the molecule is CN1C(=O)[C@H](NC(=O)Nc2ccccc2CN2CCOCC2)N=C(C2CCCCC2)c2ccccc21. The van der Waals surface area contributed by atoms with Gasteiger partial charge in [0.2, 0.25) is 6.17 Å². The van der Waals surface area contributed by atoms with Crippen LogP contribution >= 0.6 is 0 Å². The number of hydrogen-bond acceptors (Lipinski definition) is 5. The van der Waals surface area contributed by atoms with Crippen LogP contribution in [0.2, 0.25) is 0 Å². The number of anilines is 2. The van der Waals surface area contributed by atoms with E-state index < -0.39 is 12.2 Å². The number of aliphatic imine (C=N–C) groups is 1. The number of likely N-dealkylation sites (N-methyl/N-ethyl adjacent to an activating group) is 1. The molecule has 0 aromatic heterocycles. The molecule has 1 saturated heterocycles. The Morgan fingerprint density at radius 3 is 2.56 bits per heavy atom. The number of para-hydroxylation sites is 2. The predicted octanol–water partition coefficient (Wildman–Crippen LogP) is 4.01. The molecule has 2 fully saturated rings. The van der Waals surface area contributed by atoms with Gasteiger partial charge in [-0.25, -0.2) is 4.79 Å². The van der Waals surface area contributed by atoms with E-state index in [0.717, 1.165) is 86.7 Å². The molecule has 0 unspecified atom stereocenters. The molecule has 3 amide bonds. The van der Waals surface area contributed by atoms with Crippen LogP contribution in [-0.2, 0) is 16.1 Å². The van der Waals surface area contributed by atoms with E-state index in [1.54, 1.807) is 11.9 Å². The number of morpholine rings is 1. The number of urea groups is 1. The first-order valence-electron chi connectivity index (χ1n) is 13.0. The van der Waals surface area contributed by atoms with Crippen LogP contribution in [0, 0.1) is 5.92 Å². The van der Waals surface area contributed by atoms with E-state index in [2.05, 4.69) is 15.5 Å². The molecule has 2 aliphatic heterocycles. The summed E-state index contributed by atoms with van der Waals surface area (Å²) in [4.78, 5) is 35.4. The standard InChI is InChI=1S/C28H35N5O3/c1-32-24-14-8-6-12-22(24)25(20-9-3-2-4-10-20)30-26(27(32)34)31-28(35)29-23-13-7-5-11-21(23)19-33-15-17-36-18-16-33/h5-8,11-14,20,26H,2-4,9-10,15-19H2,1H3,(H2,29,31,35)/t26-/m0/s1. The minimum atomic E-state index is -0.981. The molecule has 2 heterocycles. The van der Waals surface area contributed by atoms with Gasteiger partial charge >= 0.3 is 6.03 Å². The molecule has 0 bridgehead atoms. The fraction of sp³-hybridized carbons (Fsp3) is 0.464. The summed E-state index contributed by atoms with van der Waals surface area (Å²) in [5.41, 5.74) is 4.52. The lowest BCUT2D eigenvalue weighted by atomic mass is 9.83. The van der Waals surface area contributed by atoms with Crippen molar-refractivity contribution < 1.29 is 14.3 Å². The highest BCUT2D eigenvalue weighted by Crippen LogP contribution is 2.33. The average molecular weight is 490 g/mol. The van der Waals surface area contributed by atoms with Crippen LogP contribution in [0.25, 0.3) is 0 Å². The Balaban J connectivity index is 1.36. The summed E-state index contributed by atoms with van der Waals surface area (Å²) < 4.78 is 5.45. The van der Waals surface area contributed by atoms with Crippen molar-refractivity contribution in [2.75, 3.05) is 43.6 Å². The maximum Gasteiger partial charge on any atom is 0.321 e. The molecule has 2 aromatic carbocycles. The van der Waals surface area contributed by atoms with Gasteiger partial charge in [0.1, 0.15) is 0 Å². The normalized spacial score (nSPS) is 21.4. The number of nitrogens with one attached hydrogen (secondary N) is 2. The van der Waals surface area contributed by atoms with Crippen molar-refractivity contribution in [3.05, 3.63) is 59.7 Å². The van der Waals surface area contributed by atoms with Crippen LogP contribution in [0.1, 0.15) is 43.2 Å². The Bertz CT molecular complexity index is 1120. The van der Waals surface area contributed by atoms with E-state index in [-0.39, 0.29) is 5.91 Å². The predicted molar refractivity (Wildman–Crippen MR) is 141 cm³/mol. The minimum absolute atomic E-state index is 0.245. The number of nitrogens with zero attached hydrogens (tertiary/aromatic N) is 3. The molecule has 3 aliphatic rings. The summed E-state index contributed by atoms with van der Waals surface area (Å²) >= 11 is 0. The van der Waals surface area contributed by atoms with E-state index >= 15 is 0 Å². The van der Waals surface area contributed by atoms with E-state index in [1.165, 1.54) is 6.42 Å². The lowest BCUT2D eigenvalue weighted by Gasteiger charge is -2.27. The number of benzodiazepines with no additional fused rings is 1. The van der Waals surface area contributed by atoms with Crippen LogP contribution in [0.4, 0.5) is 16.2 Å². The number of fused-ring (bicyclic) bond motifs is 1. The van der Waals surface area contributed by atoms with E-state index in [1.807, 2.05) is 48.5 Å². The molecule has 1 atom stereocenters. The highest BCUT2D eigenvalue weighted by atomic mass is 16.5. The van der Waals surface area contributed by atoms with Gasteiger partial charge in [-0.15, -0.1) is 0 Å². The summed E-state index contributed by atoms with van der Waals surface area (Å²) in [7, 11) is 1.75. The molecule has 36 heavy (non-hydrogen) atoms. The van der Waals surface area contributed by atoms with Gasteiger partial charge in [0.25, 0.3) is 5.91 Å². The van der Waals surface area contributed by atoms with Crippen molar-refractivity contribution in [3.8, 4) is 0 Å². The third-order valence-electron chi connectivity index (χ3n) is 7.40. The zero-order valence-corrected chi connectivity index (χ0v) is 20.9. The molecule has 0 spiro atoms. The second kappa shape index (κ2) is 11.2. The smallest absolute Gasteiger partial charge is 0.321 e. The zero-order valence-electron chi connectivity index (χ0n) is 20.9. The molecule has 8 nitrogen and oxygen atoms in total. The van der Waals surface area contributed by atoms with Gasteiger partial charge in [0.05, 0.1) is 24.6 Å². The molecule has 5 rings (SSSR count). The number of ether oxygens (including phenoxy) is 1. The quantitative estimate of drug-likeness (QED) is 0.665. The summed E-state index contributed by atoms with van der Waals surface area (Å²) in [5.74, 6) is 0.0471. The first kappa shape index (κ1) is 24.5. The van der Waals surface area contributed by atoms with Crippen molar-refractivity contribution in [2.45, 2.75) is 44.8 Å². The number of rotatable bonds is 5. The maximum atomic E-state index is 13.4. The maximum absolute atomic E-state index is 13.4. The molecular weight excluding hydrogens is 454 g/mol. The van der Waals surface area contributed by atoms with Crippen LogP contribution in [-0.4, -0.2) is 62.1 Å². The fourth-order valence-corrected chi connectivity index (χ4v) is 5.41. The van der Waals surface area contributed by atoms with Crippen molar-refractivity contribution in [1.82, 2.24) is 10.2 Å². The van der Waals surface area contributed by atoms with Gasteiger partial charge in [-0.1, -0.05) is 55.7 Å². The first-order chi connectivity index (χ1) is 17.6. The lowest BCUT2D eigenvalue weighted by Crippen LogP contribution is -2.47. The van der Waals surface area contributed by atoms with Crippen molar-refractivity contribution >= 4 is 29.0 Å². The molecule has 8 heteroatoms. The second-order valence-corrected chi connectivity index (χ2v) is 9.81. The minimum Gasteiger partial charge on any atom is -0.379 e. The third-order valence-corrected chi connectivity index (χ3v) is 7.40. The van der Waals surface area contributed by atoms with Crippen LogP contribution in [0.3, 0.4) is 0 Å². The molecule has 1 aliphatic carbocycles. The Labute approximate surface area is 212 Å². The first-order valence-corrected chi connectivity index (χ1v) is 13.0. The zero-order chi connectivity index (χ0) is 24.9. The highest BCUT2D eigenvalue weighted by Gasteiger charge is 2.33. The topological polar surface area (TPSA) is 86.3 Å². The molecule has 0 radical (unpaired) electrons. The molecule has 2 aromatic rings. The Hall–Kier alpha value is -3.23. The third kappa shape index (κ3) is 5.44. The number of carbonyl (C=O) groups is 2. The van der Waals surface area contributed by atoms with Gasteiger partial charge in [-0.2, -0.15) is 0 Å². The molecular formula is C28H35N5O3. The van der Waals surface area contributed by atoms with E-state index in [0.29, 0.717) is 5.92 Å². The monoisotopic (exact) mass is 489 g/mol. The Morgan fingerprint density at radius 2 is 1.75 bits per heavy atom. The average Bonchev–Trinajstić information content (AvgIpc) is 3.01. The van der Waals surface area contributed by atoms with Crippen molar-refractivity contribution in [1.29, 1.82) is 0 Å². The number of benzene rings is 2. The Kier molecular flexibility index (Phi) is 7.63. The summed E-state index contributed by atoms with van der Waals surface area (Å²) in [6.07, 6.45) is 4.68. The van der Waals surface area contributed by atoms with Gasteiger partial charge in [0.15, 0.2) is 0 Å². The number of carbonyl (C=O) groups excluding carboxylic acids is 2. The van der Waals surface area contributed by atoms with Crippen molar-refractivity contribution in [2.24, 2.45) is 10.9 Å². The van der Waals surface area contributed by atoms with Gasteiger partial charge in [-0.3, -0.25) is 14.7 Å². The van der Waals surface area contributed by atoms with E-state index in [9.17, 15) is 9.59 Å². The summed E-state index contributed by atoms with van der Waals surface area (Å²) in [6.45, 7) is 3.89.